The van der Waals surface area contributed by atoms with Gasteiger partial charge in [-0.2, -0.15) is 0 Å². The molecule has 7 nitrogen and oxygen atoms in total. The molecule has 1 aromatic rings. The number of ether oxygens (including phenoxy) is 3. The van der Waals surface area contributed by atoms with E-state index in [-0.39, 0.29) is 12.5 Å². The van der Waals surface area contributed by atoms with Crippen LogP contribution in [0.2, 0.25) is 0 Å². The third-order valence-electron chi connectivity index (χ3n) is 5.25. The third-order valence-corrected chi connectivity index (χ3v) is 5.25. The number of fused-ring (bicyclic) bond motifs is 2. The Kier molecular flexibility index (Phi) is 5.17. The summed E-state index contributed by atoms with van der Waals surface area (Å²) in [6.45, 7) is 1.42. The van der Waals surface area contributed by atoms with Crippen LogP contribution in [0, 0.1) is 0 Å². The third kappa shape index (κ3) is 3.19. The second-order valence-corrected chi connectivity index (χ2v) is 6.57. The van der Waals surface area contributed by atoms with E-state index in [9.17, 15) is 4.79 Å². The van der Waals surface area contributed by atoms with E-state index in [1.165, 1.54) is 5.56 Å². The van der Waals surface area contributed by atoms with E-state index in [0.717, 1.165) is 17.7 Å². The smallest absolute Gasteiger partial charge is 0.241 e. The van der Waals surface area contributed by atoms with Crippen molar-refractivity contribution in [1.29, 1.82) is 0 Å². The molecule has 2 aliphatic rings. The Morgan fingerprint density at radius 3 is 2.56 bits per heavy atom. The Morgan fingerprint density at radius 2 is 1.96 bits per heavy atom. The van der Waals surface area contributed by atoms with Gasteiger partial charge in [-0.3, -0.25) is 4.79 Å². The number of hydrogen-bond acceptors (Lipinski definition) is 6. The second-order valence-electron chi connectivity index (χ2n) is 6.57. The normalized spacial score (nSPS) is 20.1. The number of likely N-dealkylation sites (tertiary alicyclic amines) is 1. The molecule has 3 N–H and O–H groups in total. The lowest BCUT2D eigenvalue weighted by atomic mass is 9.79. The Bertz CT molecular complexity index is 641. The number of rotatable bonds is 4. The molecule has 1 amide bonds. The number of benzene rings is 1. The second kappa shape index (κ2) is 7.19. The predicted molar refractivity (Wildman–Crippen MR) is 91.8 cm³/mol. The van der Waals surface area contributed by atoms with Crippen molar-refractivity contribution in [3.8, 4) is 11.5 Å². The lowest BCUT2D eigenvalue weighted by Gasteiger charge is -2.45. The van der Waals surface area contributed by atoms with Gasteiger partial charge >= 0.3 is 0 Å². The minimum absolute atomic E-state index is 0.208. The van der Waals surface area contributed by atoms with Crippen LogP contribution in [0.1, 0.15) is 24.0 Å². The minimum atomic E-state index is -0.849. The Balaban J connectivity index is 1.85. The maximum atomic E-state index is 12.2. The summed E-state index contributed by atoms with van der Waals surface area (Å²) >= 11 is 0. The summed E-state index contributed by atoms with van der Waals surface area (Å²) in [6, 6.07) is 3.18. The molecule has 0 radical (unpaired) electrons. The monoisotopic (exact) mass is 350 g/mol. The zero-order valence-corrected chi connectivity index (χ0v) is 14.8. The van der Waals surface area contributed by atoms with E-state index in [2.05, 4.69) is 0 Å². The number of methoxy groups -OCH3 is 2. The lowest BCUT2D eigenvalue weighted by molar-refractivity contribution is -0.142. The molecular weight excluding hydrogens is 324 g/mol. The fourth-order valence-electron chi connectivity index (χ4n) is 3.80. The quantitative estimate of drug-likeness (QED) is 0.817. The van der Waals surface area contributed by atoms with Crippen molar-refractivity contribution in [3.63, 3.8) is 0 Å². The average Bonchev–Trinajstić information content (AvgIpc) is 2.66. The van der Waals surface area contributed by atoms with Crippen molar-refractivity contribution in [2.45, 2.75) is 30.9 Å². The van der Waals surface area contributed by atoms with Gasteiger partial charge in [-0.05, 0) is 42.5 Å². The van der Waals surface area contributed by atoms with Crippen molar-refractivity contribution in [2.24, 2.45) is 5.73 Å². The first kappa shape index (κ1) is 18.0. The SMILES string of the molecule is COc1cc2c(cc1OC)C1(CCN(C(=O)[C@H](N)CO)CC1)OCC2. The van der Waals surface area contributed by atoms with Crippen molar-refractivity contribution in [1.82, 2.24) is 4.90 Å². The molecule has 0 bridgehead atoms. The number of carbonyl (C=O) groups is 1. The zero-order valence-electron chi connectivity index (χ0n) is 14.8. The van der Waals surface area contributed by atoms with Crippen molar-refractivity contribution in [3.05, 3.63) is 23.3 Å². The van der Waals surface area contributed by atoms with E-state index in [4.69, 9.17) is 25.1 Å². The number of aliphatic hydroxyl groups is 1. The summed E-state index contributed by atoms with van der Waals surface area (Å²) in [6.07, 6.45) is 2.22. The summed E-state index contributed by atoms with van der Waals surface area (Å²) in [5, 5.41) is 9.09. The van der Waals surface area contributed by atoms with Gasteiger partial charge in [0.2, 0.25) is 5.91 Å². The Labute approximate surface area is 147 Å². The maximum Gasteiger partial charge on any atom is 0.241 e. The molecule has 0 aromatic heterocycles. The summed E-state index contributed by atoms with van der Waals surface area (Å²) in [4.78, 5) is 13.9. The molecule has 1 atom stereocenters. The number of aliphatic hydroxyl groups excluding tert-OH is 1. The number of carbonyl (C=O) groups excluding carboxylic acids is 1. The van der Waals surface area contributed by atoms with Gasteiger partial charge in [0.1, 0.15) is 6.04 Å². The molecule has 1 saturated heterocycles. The first-order chi connectivity index (χ1) is 12.0. The average molecular weight is 350 g/mol. The molecule has 138 valence electrons. The molecule has 3 rings (SSSR count). The molecule has 2 aliphatic heterocycles. The lowest BCUT2D eigenvalue weighted by Crippen LogP contribution is -2.53. The fourth-order valence-corrected chi connectivity index (χ4v) is 3.80. The van der Waals surface area contributed by atoms with Gasteiger partial charge < -0.3 is 30.0 Å². The molecular formula is C18H26N2O5. The van der Waals surface area contributed by atoms with Gasteiger partial charge in [-0.25, -0.2) is 0 Å². The molecule has 0 unspecified atom stereocenters. The molecule has 1 fully saturated rings. The highest BCUT2D eigenvalue weighted by Crippen LogP contribution is 2.45. The van der Waals surface area contributed by atoms with Crippen LogP contribution in [0.5, 0.6) is 11.5 Å². The first-order valence-corrected chi connectivity index (χ1v) is 8.59. The van der Waals surface area contributed by atoms with E-state index in [1.54, 1.807) is 19.1 Å². The van der Waals surface area contributed by atoms with E-state index in [0.29, 0.717) is 38.3 Å². The van der Waals surface area contributed by atoms with E-state index in [1.807, 2.05) is 12.1 Å². The molecule has 1 spiro atoms. The number of piperidine rings is 1. The standard InChI is InChI=1S/C18H26N2O5/c1-23-15-9-12-3-8-25-18(13(12)10-16(15)24-2)4-6-20(7-5-18)17(22)14(19)11-21/h9-10,14,21H,3-8,11,19H2,1-2H3/t14-/m1/s1. The van der Waals surface area contributed by atoms with Crippen LogP contribution >= 0.6 is 0 Å². The Morgan fingerprint density at radius 1 is 1.32 bits per heavy atom. The van der Waals surface area contributed by atoms with Crippen LogP contribution in [0.25, 0.3) is 0 Å². The van der Waals surface area contributed by atoms with Gasteiger partial charge in [0, 0.05) is 13.1 Å². The number of nitrogens with zero attached hydrogens (tertiary/aromatic N) is 1. The number of hydrogen-bond donors (Lipinski definition) is 2. The van der Waals surface area contributed by atoms with Gasteiger partial charge in [0.05, 0.1) is 33.0 Å². The predicted octanol–water partition coefficient (Wildman–Crippen LogP) is 0.414. The highest BCUT2D eigenvalue weighted by Gasteiger charge is 2.42. The topological polar surface area (TPSA) is 94.3 Å². The molecule has 25 heavy (non-hydrogen) atoms. The summed E-state index contributed by atoms with van der Waals surface area (Å²) in [5.41, 5.74) is 7.58. The zero-order chi connectivity index (χ0) is 18.0. The fraction of sp³-hybridized carbons (Fsp3) is 0.611. The van der Waals surface area contributed by atoms with Gasteiger partial charge in [0.15, 0.2) is 11.5 Å². The van der Waals surface area contributed by atoms with Crippen LogP contribution in [-0.2, 0) is 21.6 Å². The molecule has 1 aromatic carbocycles. The van der Waals surface area contributed by atoms with Crippen LogP contribution in [0.3, 0.4) is 0 Å². The van der Waals surface area contributed by atoms with E-state index < -0.39 is 11.6 Å². The molecule has 0 aliphatic carbocycles. The largest absolute Gasteiger partial charge is 0.493 e. The van der Waals surface area contributed by atoms with Gasteiger partial charge in [-0.1, -0.05) is 0 Å². The highest BCUT2D eigenvalue weighted by molar-refractivity contribution is 5.81. The highest BCUT2D eigenvalue weighted by atomic mass is 16.5. The minimum Gasteiger partial charge on any atom is -0.493 e. The van der Waals surface area contributed by atoms with E-state index >= 15 is 0 Å². The van der Waals surface area contributed by atoms with Gasteiger partial charge in [0.25, 0.3) is 0 Å². The summed E-state index contributed by atoms with van der Waals surface area (Å²) in [5.74, 6) is 1.20. The van der Waals surface area contributed by atoms with Crippen LogP contribution < -0.4 is 15.2 Å². The van der Waals surface area contributed by atoms with Crippen LogP contribution in [0.15, 0.2) is 12.1 Å². The molecule has 2 heterocycles. The van der Waals surface area contributed by atoms with Crippen LogP contribution in [-0.4, -0.2) is 62.5 Å². The molecule has 0 saturated carbocycles. The van der Waals surface area contributed by atoms with Gasteiger partial charge in [-0.15, -0.1) is 0 Å². The maximum absolute atomic E-state index is 12.2. The summed E-state index contributed by atoms with van der Waals surface area (Å²) < 4.78 is 17.1. The van der Waals surface area contributed by atoms with Crippen molar-refractivity contribution in [2.75, 3.05) is 40.5 Å². The summed E-state index contributed by atoms with van der Waals surface area (Å²) in [7, 11) is 3.26. The molecule has 7 heteroatoms. The Hall–Kier alpha value is -1.83. The number of amides is 1. The van der Waals surface area contributed by atoms with Crippen molar-refractivity contribution < 1.29 is 24.1 Å². The number of nitrogens with two attached hydrogens (primary N) is 1. The van der Waals surface area contributed by atoms with Crippen LogP contribution in [0.4, 0.5) is 0 Å². The van der Waals surface area contributed by atoms with Crippen molar-refractivity contribution >= 4 is 5.91 Å². The first-order valence-electron chi connectivity index (χ1n) is 8.59.